The molecule has 0 aliphatic heterocycles. The highest BCUT2D eigenvalue weighted by Crippen LogP contribution is 2.25. The Bertz CT molecular complexity index is 536. The minimum absolute atomic E-state index is 0.484. The second-order valence-corrected chi connectivity index (χ2v) is 4.58. The van der Waals surface area contributed by atoms with Crippen LogP contribution in [-0.2, 0) is 13.5 Å². The third-order valence-corrected chi connectivity index (χ3v) is 3.29. The molecule has 0 aliphatic rings. The Kier molecular flexibility index (Phi) is 3.28. The summed E-state index contributed by atoms with van der Waals surface area (Å²) in [5.74, 6) is 2.09. The molecule has 0 atom stereocenters. The van der Waals surface area contributed by atoms with E-state index in [1.54, 1.807) is 6.07 Å². The molecule has 0 aliphatic carbocycles. The van der Waals surface area contributed by atoms with Crippen LogP contribution in [0.4, 0.5) is 5.82 Å². The fourth-order valence-corrected chi connectivity index (χ4v) is 2.14. The second-order valence-electron chi connectivity index (χ2n) is 3.59. The van der Waals surface area contributed by atoms with E-state index in [0.29, 0.717) is 5.82 Å². The van der Waals surface area contributed by atoms with Gasteiger partial charge in [-0.15, -0.1) is 10.2 Å². The van der Waals surface area contributed by atoms with Crippen molar-refractivity contribution in [3.63, 3.8) is 0 Å². The Hall–Kier alpha value is -1.63. The molecular formula is C10H14N6S. The van der Waals surface area contributed by atoms with Crippen molar-refractivity contribution in [1.29, 1.82) is 0 Å². The first-order chi connectivity index (χ1) is 8.10. The molecule has 2 aromatic rings. The molecule has 6 nitrogen and oxygen atoms in total. The van der Waals surface area contributed by atoms with Crippen molar-refractivity contribution in [2.45, 2.75) is 30.5 Å². The maximum absolute atomic E-state index is 5.72. The minimum atomic E-state index is 0.484. The molecule has 2 heterocycles. The Labute approximate surface area is 104 Å². The van der Waals surface area contributed by atoms with Crippen LogP contribution in [0.1, 0.15) is 18.6 Å². The fourth-order valence-electron chi connectivity index (χ4n) is 1.27. The van der Waals surface area contributed by atoms with Crippen LogP contribution in [0, 0.1) is 6.92 Å². The molecule has 0 unspecified atom stereocenters. The van der Waals surface area contributed by atoms with Gasteiger partial charge in [-0.25, -0.2) is 9.97 Å². The van der Waals surface area contributed by atoms with Crippen LogP contribution in [0.2, 0.25) is 0 Å². The molecule has 90 valence electrons. The predicted octanol–water partition coefficient (Wildman–Crippen LogP) is 1.21. The van der Waals surface area contributed by atoms with Gasteiger partial charge in [0.1, 0.15) is 22.5 Å². The van der Waals surface area contributed by atoms with Gasteiger partial charge in [-0.3, -0.25) is 0 Å². The number of aromatic nitrogens is 5. The molecule has 2 aromatic heterocycles. The van der Waals surface area contributed by atoms with Crippen molar-refractivity contribution >= 4 is 17.6 Å². The number of hydrogen-bond donors (Lipinski definition) is 1. The Balaban J connectivity index is 2.29. The topological polar surface area (TPSA) is 82.5 Å². The van der Waals surface area contributed by atoms with Gasteiger partial charge in [0.05, 0.1) is 0 Å². The van der Waals surface area contributed by atoms with Crippen LogP contribution in [-0.4, -0.2) is 24.7 Å². The molecule has 0 amide bonds. The summed E-state index contributed by atoms with van der Waals surface area (Å²) in [6.07, 6.45) is 0.760. The molecule has 17 heavy (non-hydrogen) atoms. The van der Waals surface area contributed by atoms with Crippen molar-refractivity contribution in [3.05, 3.63) is 17.7 Å². The quantitative estimate of drug-likeness (QED) is 0.824. The SMILES string of the molecule is CCc1nc(N)cc(Sc2nnc(C)n2C)n1. The van der Waals surface area contributed by atoms with Crippen molar-refractivity contribution in [2.75, 3.05) is 5.73 Å². The van der Waals surface area contributed by atoms with Crippen molar-refractivity contribution in [2.24, 2.45) is 7.05 Å². The molecular weight excluding hydrogens is 236 g/mol. The maximum atomic E-state index is 5.72. The monoisotopic (exact) mass is 250 g/mol. The van der Waals surface area contributed by atoms with Crippen molar-refractivity contribution in [1.82, 2.24) is 24.7 Å². The smallest absolute Gasteiger partial charge is 0.197 e. The zero-order valence-electron chi connectivity index (χ0n) is 10.0. The highest BCUT2D eigenvalue weighted by atomic mass is 32.2. The first kappa shape index (κ1) is 11.8. The third kappa shape index (κ3) is 2.55. The average Bonchev–Trinajstić information content (AvgIpc) is 2.60. The molecule has 2 rings (SSSR count). The van der Waals surface area contributed by atoms with Gasteiger partial charge >= 0.3 is 0 Å². The second kappa shape index (κ2) is 4.70. The highest BCUT2D eigenvalue weighted by molar-refractivity contribution is 7.99. The molecule has 0 spiro atoms. The lowest BCUT2D eigenvalue weighted by molar-refractivity contribution is 0.763. The number of nitrogen functional groups attached to an aromatic ring is 1. The Morgan fingerprint density at radius 2 is 2.12 bits per heavy atom. The average molecular weight is 250 g/mol. The van der Waals surface area contributed by atoms with Gasteiger partial charge in [0.2, 0.25) is 0 Å². The van der Waals surface area contributed by atoms with Gasteiger partial charge in [0.15, 0.2) is 5.16 Å². The lowest BCUT2D eigenvalue weighted by Crippen LogP contribution is -2.00. The summed E-state index contributed by atoms with van der Waals surface area (Å²) in [6.45, 7) is 3.90. The van der Waals surface area contributed by atoms with Crippen LogP contribution in [0.25, 0.3) is 0 Å². The number of rotatable bonds is 3. The zero-order chi connectivity index (χ0) is 12.4. The first-order valence-electron chi connectivity index (χ1n) is 5.27. The number of nitrogens with two attached hydrogens (primary N) is 1. The molecule has 0 saturated heterocycles. The van der Waals surface area contributed by atoms with Crippen LogP contribution in [0.3, 0.4) is 0 Å². The summed E-state index contributed by atoms with van der Waals surface area (Å²) >= 11 is 1.44. The van der Waals surface area contributed by atoms with Gasteiger partial charge in [0.25, 0.3) is 0 Å². The number of aryl methyl sites for hydroxylation is 2. The van der Waals surface area contributed by atoms with Crippen LogP contribution in [0.5, 0.6) is 0 Å². The van der Waals surface area contributed by atoms with Gasteiger partial charge < -0.3 is 10.3 Å². The molecule has 7 heteroatoms. The highest BCUT2D eigenvalue weighted by Gasteiger charge is 2.09. The summed E-state index contributed by atoms with van der Waals surface area (Å²) < 4.78 is 1.91. The lowest BCUT2D eigenvalue weighted by atomic mass is 10.4. The first-order valence-corrected chi connectivity index (χ1v) is 6.09. The van der Waals surface area contributed by atoms with E-state index in [9.17, 15) is 0 Å². The number of hydrogen-bond acceptors (Lipinski definition) is 6. The fraction of sp³-hybridized carbons (Fsp3) is 0.400. The van der Waals surface area contributed by atoms with Crippen molar-refractivity contribution < 1.29 is 0 Å². The third-order valence-electron chi connectivity index (χ3n) is 2.33. The van der Waals surface area contributed by atoms with Gasteiger partial charge in [0, 0.05) is 19.5 Å². The van der Waals surface area contributed by atoms with Crippen LogP contribution >= 0.6 is 11.8 Å². The van der Waals surface area contributed by atoms with E-state index in [-0.39, 0.29) is 0 Å². The maximum Gasteiger partial charge on any atom is 0.197 e. The number of anilines is 1. The van der Waals surface area contributed by atoms with Gasteiger partial charge in [-0.05, 0) is 18.7 Å². The van der Waals surface area contributed by atoms with E-state index in [0.717, 1.165) is 28.3 Å². The molecule has 0 radical (unpaired) electrons. The molecule has 0 fully saturated rings. The zero-order valence-corrected chi connectivity index (χ0v) is 10.8. The summed E-state index contributed by atoms with van der Waals surface area (Å²) in [5, 5.41) is 9.66. The van der Waals surface area contributed by atoms with Gasteiger partial charge in [-0.1, -0.05) is 6.92 Å². The lowest BCUT2D eigenvalue weighted by Gasteiger charge is -2.03. The van der Waals surface area contributed by atoms with Crippen LogP contribution < -0.4 is 5.73 Å². The summed E-state index contributed by atoms with van der Waals surface area (Å²) in [5.41, 5.74) is 5.72. The largest absolute Gasteiger partial charge is 0.384 e. The summed E-state index contributed by atoms with van der Waals surface area (Å²) in [4.78, 5) is 8.52. The van der Waals surface area contributed by atoms with Crippen LogP contribution in [0.15, 0.2) is 16.2 Å². The van der Waals surface area contributed by atoms with E-state index in [1.165, 1.54) is 11.8 Å². The molecule has 0 aromatic carbocycles. The summed E-state index contributed by atoms with van der Waals surface area (Å²) in [7, 11) is 1.92. The molecule has 0 saturated carbocycles. The normalized spacial score (nSPS) is 10.8. The standard InChI is InChI=1S/C10H14N6S/c1-4-8-12-7(11)5-9(13-8)17-10-15-14-6(2)16(10)3/h5H,4H2,1-3H3,(H2,11,12,13). The Morgan fingerprint density at radius 3 is 2.71 bits per heavy atom. The molecule has 0 bridgehead atoms. The predicted molar refractivity (Wildman–Crippen MR) is 65.7 cm³/mol. The van der Waals surface area contributed by atoms with E-state index >= 15 is 0 Å². The van der Waals surface area contributed by atoms with E-state index in [4.69, 9.17) is 5.73 Å². The number of nitrogens with zero attached hydrogens (tertiary/aromatic N) is 5. The van der Waals surface area contributed by atoms with E-state index in [2.05, 4.69) is 20.2 Å². The Morgan fingerprint density at radius 1 is 1.35 bits per heavy atom. The van der Waals surface area contributed by atoms with E-state index < -0.39 is 0 Å². The molecule has 2 N–H and O–H groups in total. The minimum Gasteiger partial charge on any atom is -0.384 e. The van der Waals surface area contributed by atoms with Crippen molar-refractivity contribution in [3.8, 4) is 0 Å². The van der Waals surface area contributed by atoms with E-state index in [1.807, 2.05) is 25.5 Å². The summed E-state index contributed by atoms with van der Waals surface area (Å²) in [6, 6.07) is 1.74. The van der Waals surface area contributed by atoms with Gasteiger partial charge in [-0.2, -0.15) is 0 Å².